The molecule has 1 aromatic carbocycles. The van der Waals surface area contributed by atoms with E-state index in [2.05, 4.69) is 16.0 Å². The SMILES string of the molecule is N#Cc1c(-c2ccco2)cc(-c2c[nH]c3ccccc23)nc1N. The van der Waals surface area contributed by atoms with Crippen LogP contribution in [-0.2, 0) is 0 Å². The van der Waals surface area contributed by atoms with Gasteiger partial charge in [-0.25, -0.2) is 4.98 Å². The average Bonchev–Trinajstić information content (AvgIpc) is 3.24. The average molecular weight is 300 g/mol. The molecule has 0 radical (unpaired) electrons. The van der Waals surface area contributed by atoms with E-state index in [1.54, 1.807) is 18.4 Å². The molecule has 0 saturated heterocycles. The van der Waals surface area contributed by atoms with Crippen molar-refractivity contribution in [3.8, 4) is 28.7 Å². The third kappa shape index (κ3) is 2.05. The Labute approximate surface area is 132 Å². The topological polar surface area (TPSA) is 91.6 Å². The number of furan rings is 1. The molecule has 3 N–H and O–H groups in total. The fourth-order valence-electron chi connectivity index (χ4n) is 2.73. The molecule has 0 aliphatic rings. The highest BCUT2D eigenvalue weighted by molar-refractivity contribution is 5.95. The van der Waals surface area contributed by atoms with E-state index in [0.29, 0.717) is 22.6 Å². The van der Waals surface area contributed by atoms with Crippen molar-refractivity contribution in [3.05, 3.63) is 60.5 Å². The van der Waals surface area contributed by atoms with Crippen molar-refractivity contribution in [1.29, 1.82) is 5.26 Å². The number of pyridine rings is 1. The number of aromatic amines is 1. The summed E-state index contributed by atoms with van der Waals surface area (Å²) in [6, 6.07) is 15.5. The highest BCUT2D eigenvalue weighted by Crippen LogP contribution is 2.34. The molecule has 0 bridgehead atoms. The standard InChI is InChI=1S/C18H12N4O/c19-9-13-12(17-6-3-7-23-17)8-16(22-18(13)20)14-10-21-15-5-2-1-4-11(14)15/h1-8,10,21H,(H2,20,22). The lowest BCUT2D eigenvalue weighted by Crippen LogP contribution is -1.99. The molecule has 0 atom stereocenters. The van der Waals surface area contributed by atoms with Gasteiger partial charge in [0, 0.05) is 28.2 Å². The lowest BCUT2D eigenvalue weighted by atomic mass is 10.0. The van der Waals surface area contributed by atoms with Crippen LogP contribution in [0.1, 0.15) is 5.56 Å². The predicted molar refractivity (Wildman–Crippen MR) is 88.4 cm³/mol. The summed E-state index contributed by atoms with van der Waals surface area (Å²) in [5.41, 5.74) is 9.62. The quantitative estimate of drug-likeness (QED) is 0.586. The number of para-hydroxylation sites is 1. The number of aromatic nitrogens is 2. The number of H-pyrrole nitrogens is 1. The van der Waals surface area contributed by atoms with Crippen LogP contribution in [0.2, 0.25) is 0 Å². The van der Waals surface area contributed by atoms with Crippen LogP contribution in [0.3, 0.4) is 0 Å². The van der Waals surface area contributed by atoms with Gasteiger partial charge in [-0.05, 0) is 24.3 Å². The zero-order chi connectivity index (χ0) is 15.8. The molecule has 3 heterocycles. The maximum Gasteiger partial charge on any atom is 0.142 e. The van der Waals surface area contributed by atoms with Crippen LogP contribution in [0.25, 0.3) is 33.5 Å². The van der Waals surface area contributed by atoms with Crippen LogP contribution in [-0.4, -0.2) is 9.97 Å². The smallest absolute Gasteiger partial charge is 0.142 e. The molecule has 3 aromatic heterocycles. The van der Waals surface area contributed by atoms with Gasteiger partial charge in [0.2, 0.25) is 0 Å². The second-order valence-electron chi connectivity index (χ2n) is 5.15. The monoisotopic (exact) mass is 300 g/mol. The van der Waals surface area contributed by atoms with Crippen LogP contribution in [0.4, 0.5) is 5.82 Å². The Bertz CT molecular complexity index is 1040. The van der Waals surface area contributed by atoms with Crippen molar-refractivity contribution in [2.75, 3.05) is 5.73 Å². The van der Waals surface area contributed by atoms with E-state index in [4.69, 9.17) is 10.2 Å². The van der Waals surface area contributed by atoms with Crippen LogP contribution < -0.4 is 5.73 Å². The van der Waals surface area contributed by atoms with E-state index >= 15 is 0 Å². The zero-order valence-electron chi connectivity index (χ0n) is 12.1. The first-order chi connectivity index (χ1) is 11.3. The summed E-state index contributed by atoms with van der Waals surface area (Å²) < 4.78 is 5.43. The van der Waals surface area contributed by atoms with Crippen LogP contribution >= 0.6 is 0 Å². The number of rotatable bonds is 2. The summed E-state index contributed by atoms with van der Waals surface area (Å²) in [6.45, 7) is 0. The van der Waals surface area contributed by atoms with Crippen LogP contribution in [0.5, 0.6) is 0 Å². The number of anilines is 1. The number of nitrogens with zero attached hydrogens (tertiary/aromatic N) is 2. The number of nitrogens with two attached hydrogens (primary N) is 1. The molecule has 4 aromatic rings. The molecule has 0 unspecified atom stereocenters. The number of hydrogen-bond donors (Lipinski definition) is 2. The molecule has 0 spiro atoms. The summed E-state index contributed by atoms with van der Waals surface area (Å²) in [6.07, 6.45) is 3.46. The largest absolute Gasteiger partial charge is 0.464 e. The minimum absolute atomic E-state index is 0.196. The molecule has 0 aliphatic heterocycles. The van der Waals surface area contributed by atoms with E-state index in [1.807, 2.05) is 36.5 Å². The second-order valence-corrected chi connectivity index (χ2v) is 5.15. The van der Waals surface area contributed by atoms with E-state index in [0.717, 1.165) is 16.5 Å². The number of fused-ring (bicyclic) bond motifs is 1. The van der Waals surface area contributed by atoms with Gasteiger partial charge < -0.3 is 15.1 Å². The Hall–Kier alpha value is -3.52. The highest BCUT2D eigenvalue weighted by atomic mass is 16.3. The summed E-state index contributed by atoms with van der Waals surface area (Å²) >= 11 is 0. The third-order valence-electron chi connectivity index (χ3n) is 3.81. The Morgan fingerprint density at radius 2 is 2.00 bits per heavy atom. The van der Waals surface area contributed by atoms with E-state index in [9.17, 15) is 5.26 Å². The molecule has 4 rings (SSSR count). The van der Waals surface area contributed by atoms with E-state index in [1.165, 1.54) is 0 Å². The zero-order valence-corrected chi connectivity index (χ0v) is 12.1. The molecule has 0 aliphatic carbocycles. The fourth-order valence-corrected chi connectivity index (χ4v) is 2.73. The molecule has 0 amide bonds. The van der Waals surface area contributed by atoms with Gasteiger partial charge in [-0.1, -0.05) is 18.2 Å². The van der Waals surface area contributed by atoms with Gasteiger partial charge in [-0.3, -0.25) is 0 Å². The Morgan fingerprint density at radius 3 is 2.78 bits per heavy atom. The molecule has 23 heavy (non-hydrogen) atoms. The fraction of sp³-hybridized carbons (Fsp3) is 0. The lowest BCUT2D eigenvalue weighted by Gasteiger charge is -2.07. The maximum absolute atomic E-state index is 9.37. The molecule has 0 fully saturated rings. The lowest BCUT2D eigenvalue weighted by molar-refractivity contribution is 0.582. The molecule has 5 heteroatoms. The number of nitriles is 1. The van der Waals surface area contributed by atoms with Gasteiger partial charge in [-0.2, -0.15) is 5.26 Å². The molecular weight excluding hydrogens is 288 g/mol. The van der Waals surface area contributed by atoms with Crippen molar-refractivity contribution in [3.63, 3.8) is 0 Å². The van der Waals surface area contributed by atoms with E-state index < -0.39 is 0 Å². The van der Waals surface area contributed by atoms with E-state index in [-0.39, 0.29) is 5.82 Å². The Kier molecular flexibility index (Phi) is 2.88. The van der Waals surface area contributed by atoms with Crippen LogP contribution in [0, 0.1) is 11.3 Å². The van der Waals surface area contributed by atoms with Gasteiger partial charge in [0.1, 0.15) is 23.2 Å². The highest BCUT2D eigenvalue weighted by Gasteiger charge is 2.16. The number of hydrogen-bond acceptors (Lipinski definition) is 4. The van der Waals surface area contributed by atoms with Gasteiger partial charge in [0.05, 0.1) is 12.0 Å². The summed E-state index contributed by atoms with van der Waals surface area (Å²) in [5.74, 6) is 0.790. The normalized spacial score (nSPS) is 10.7. The van der Waals surface area contributed by atoms with Gasteiger partial charge in [0.15, 0.2) is 0 Å². The van der Waals surface area contributed by atoms with Crippen molar-refractivity contribution in [2.24, 2.45) is 0 Å². The first kappa shape index (κ1) is 13.2. The summed E-state index contributed by atoms with van der Waals surface area (Å²) in [7, 11) is 0. The van der Waals surface area contributed by atoms with Crippen LogP contribution in [0.15, 0.2) is 59.3 Å². The minimum Gasteiger partial charge on any atom is -0.464 e. The maximum atomic E-state index is 9.37. The van der Waals surface area contributed by atoms with Crippen molar-refractivity contribution < 1.29 is 4.42 Å². The van der Waals surface area contributed by atoms with Crippen molar-refractivity contribution in [2.45, 2.75) is 0 Å². The minimum atomic E-state index is 0.196. The Balaban J connectivity index is 1.99. The summed E-state index contributed by atoms with van der Waals surface area (Å²) in [4.78, 5) is 7.62. The molecule has 5 nitrogen and oxygen atoms in total. The first-order valence-corrected chi connectivity index (χ1v) is 7.09. The third-order valence-corrected chi connectivity index (χ3v) is 3.81. The number of nitrogen functional groups attached to an aromatic ring is 1. The molecule has 110 valence electrons. The van der Waals surface area contributed by atoms with Gasteiger partial charge in [-0.15, -0.1) is 0 Å². The predicted octanol–water partition coefficient (Wildman–Crippen LogP) is 3.94. The van der Waals surface area contributed by atoms with Gasteiger partial charge >= 0.3 is 0 Å². The van der Waals surface area contributed by atoms with Gasteiger partial charge in [0.25, 0.3) is 0 Å². The molecule has 0 saturated carbocycles. The summed E-state index contributed by atoms with van der Waals surface area (Å²) in [5, 5.41) is 10.4. The second kappa shape index (κ2) is 5.04. The Morgan fingerprint density at radius 1 is 1.13 bits per heavy atom. The molecular formula is C18H12N4O. The van der Waals surface area contributed by atoms with Crippen molar-refractivity contribution in [1.82, 2.24) is 9.97 Å². The number of nitrogens with one attached hydrogen (secondary N) is 1. The first-order valence-electron chi connectivity index (χ1n) is 7.09. The van der Waals surface area contributed by atoms with Crippen molar-refractivity contribution >= 4 is 16.7 Å². The number of benzene rings is 1.